The van der Waals surface area contributed by atoms with Gasteiger partial charge in [-0.1, -0.05) is 13.8 Å². The fourth-order valence-corrected chi connectivity index (χ4v) is 1.03. The first-order valence-electron chi connectivity index (χ1n) is 4.73. The molecule has 0 aliphatic heterocycles. The van der Waals surface area contributed by atoms with Crippen LogP contribution in [0.2, 0.25) is 0 Å². The zero-order valence-electron chi connectivity index (χ0n) is 7.80. The number of rotatable bonds is 4. The Morgan fingerprint density at radius 3 is 2.50 bits per heavy atom. The standard InChI is InChI=1S/C9H17NO2/c1-3-7(4-2)10-9(11)12-8-5-6-8/h7-8H,3-6H2,1-2H3,(H,10,11). The maximum Gasteiger partial charge on any atom is 0.407 e. The molecule has 12 heavy (non-hydrogen) atoms. The van der Waals surface area contributed by atoms with Gasteiger partial charge in [-0.05, 0) is 25.7 Å². The van der Waals surface area contributed by atoms with Crippen molar-refractivity contribution in [2.45, 2.75) is 51.7 Å². The van der Waals surface area contributed by atoms with E-state index in [4.69, 9.17) is 4.74 Å². The van der Waals surface area contributed by atoms with Crippen molar-refractivity contribution >= 4 is 6.09 Å². The Bertz CT molecular complexity index is 151. The second kappa shape index (κ2) is 4.33. The number of hydrogen-bond acceptors (Lipinski definition) is 2. The topological polar surface area (TPSA) is 38.3 Å². The minimum absolute atomic E-state index is 0.208. The van der Waals surface area contributed by atoms with Gasteiger partial charge in [0.1, 0.15) is 6.10 Å². The maximum absolute atomic E-state index is 11.1. The normalized spacial score (nSPS) is 16.2. The second-order valence-corrected chi connectivity index (χ2v) is 3.26. The summed E-state index contributed by atoms with van der Waals surface area (Å²) in [4.78, 5) is 11.1. The van der Waals surface area contributed by atoms with Crippen LogP contribution in [0.3, 0.4) is 0 Å². The van der Waals surface area contributed by atoms with Crippen LogP contribution >= 0.6 is 0 Å². The van der Waals surface area contributed by atoms with Crippen LogP contribution in [-0.4, -0.2) is 18.2 Å². The lowest BCUT2D eigenvalue weighted by molar-refractivity contribution is 0.134. The molecule has 0 spiro atoms. The van der Waals surface area contributed by atoms with Crippen molar-refractivity contribution in [1.82, 2.24) is 5.32 Å². The summed E-state index contributed by atoms with van der Waals surface area (Å²) >= 11 is 0. The van der Waals surface area contributed by atoms with E-state index in [1.54, 1.807) is 0 Å². The first-order valence-corrected chi connectivity index (χ1v) is 4.73. The second-order valence-electron chi connectivity index (χ2n) is 3.26. The summed E-state index contributed by atoms with van der Waals surface area (Å²) in [5.74, 6) is 0. The third-order valence-electron chi connectivity index (χ3n) is 2.11. The number of carbonyl (C=O) groups excluding carboxylic acids is 1. The highest BCUT2D eigenvalue weighted by Gasteiger charge is 2.26. The molecule has 1 rings (SSSR count). The van der Waals surface area contributed by atoms with Crippen molar-refractivity contribution in [2.24, 2.45) is 0 Å². The van der Waals surface area contributed by atoms with Crippen LogP contribution < -0.4 is 5.32 Å². The Kier molecular flexibility index (Phi) is 3.38. The summed E-state index contributed by atoms with van der Waals surface area (Å²) in [7, 11) is 0. The smallest absolute Gasteiger partial charge is 0.407 e. The SMILES string of the molecule is CCC(CC)NC(=O)OC1CC1. The van der Waals surface area contributed by atoms with E-state index in [-0.39, 0.29) is 18.2 Å². The van der Waals surface area contributed by atoms with Crippen LogP contribution in [0.15, 0.2) is 0 Å². The van der Waals surface area contributed by atoms with Gasteiger partial charge in [0.2, 0.25) is 0 Å². The molecule has 0 aromatic rings. The van der Waals surface area contributed by atoms with Crippen LogP contribution in [0.5, 0.6) is 0 Å². The van der Waals surface area contributed by atoms with Crippen molar-refractivity contribution in [3.8, 4) is 0 Å². The van der Waals surface area contributed by atoms with Gasteiger partial charge in [0.05, 0.1) is 0 Å². The van der Waals surface area contributed by atoms with E-state index in [0.29, 0.717) is 0 Å². The summed E-state index contributed by atoms with van der Waals surface area (Å²) in [5.41, 5.74) is 0. The summed E-state index contributed by atoms with van der Waals surface area (Å²) < 4.78 is 5.05. The first-order chi connectivity index (χ1) is 5.76. The van der Waals surface area contributed by atoms with Crippen LogP contribution in [0.25, 0.3) is 0 Å². The maximum atomic E-state index is 11.1. The van der Waals surface area contributed by atoms with E-state index in [9.17, 15) is 4.79 Å². The monoisotopic (exact) mass is 171 g/mol. The molecule has 3 nitrogen and oxygen atoms in total. The number of amides is 1. The molecule has 1 amide bonds. The lowest BCUT2D eigenvalue weighted by Gasteiger charge is -2.14. The van der Waals surface area contributed by atoms with Gasteiger partial charge in [0.15, 0.2) is 0 Å². The largest absolute Gasteiger partial charge is 0.446 e. The molecular formula is C9H17NO2. The van der Waals surface area contributed by atoms with E-state index in [0.717, 1.165) is 25.7 Å². The van der Waals surface area contributed by atoms with Crippen molar-refractivity contribution < 1.29 is 9.53 Å². The molecule has 0 atom stereocenters. The van der Waals surface area contributed by atoms with E-state index < -0.39 is 0 Å². The average Bonchev–Trinajstić information content (AvgIpc) is 2.84. The number of hydrogen-bond donors (Lipinski definition) is 1. The molecule has 1 aliphatic carbocycles. The van der Waals surface area contributed by atoms with Gasteiger partial charge in [-0.2, -0.15) is 0 Å². The number of alkyl carbamates (subject to hydrolysis) is 1. The Labute approximate surface area is 73.5 Å². The lowest BCUT2D eigenvalue weighted by Crippen LogP contribution is -2.34. The summed E-state index contributed by atoms with van der Waals surface area (Å²) in [6.45, 7) is 4.12. The fraction of sp³-hybridized carbons (Fsp3) is 0.889. The van der Waals surface area contributed by atoms with Crippen LogP contribution in [0.1, 0.15) is 39.5 Å². The van der Waals surface area contributed by atoms with Gasteiger partial charge in [0, 0.05) is 6.04 Å². The number of ether oxygens (including phenoxy) is 1. The predicted molar refractivity (Wildman–Crippen MR) is 47.0 cm³/mol. The van der Waals surface area contributed by atoms with Gasteiger partial charge < -0.3 is 10.1 Å². The van der Waals surface area contributed by atoms with Gasteiger partial charge in [0.25, 0.3) is 0 Å². The molecule has 1 aliphatic rings. The zero-order chi connectivity index (χ0) is 8.97. The van der Waals surface area contributed by atoms with Crippen molar-refractivity contribution in [3.63, 3.8) is 0 Å². The minimum atomic E-state index is -0.244. The highest BCUT2D eigenvalue weighted by Crippen LogP contribution is 2.23. The van der Waals surface area contributed by atoms with Crippen LogP contribution in [0.4, 0.5) is 4.79 Å². The minimum Gasteiger partial charge on any atom is -0.446 e. The third kappa shape index (κ3) is 3.11. The molecule has 70 valence electrons. The van der Waals surface area contributed by atoms with Gasteiger partial charge >= 0.3 is 6.09 Å². The van der Waals surface area contributed by atoms with Gasteiger partial charge in [-0.15, -0.1) is 0 Å². The van der Waals surface area contributed by atoms with E-state index in [2.05, 4.69) is 19.2 Å². The average molecular weight is 171 g/mol. The Balaban J connectivity index is 2.13. The molecule has 0 aromatic carbocycles. The lowest BCUT2D eigenvalue weighted by atomic mass is 10.2. The van der Waals surface area contributed by atoms with E-state index >= 15 is 0 Å². The molecule has 0 aromatic heterocycles. The first kappa shape index (κ1) is 9.36. The van der Waals surface area contributed by atoms with E-state index in [1.807, 2.05) is 0 Å². The molecule has 1 fully saturated rings. The third-order valence-corrected chi connectivity index (χ3v) is 2.11. The summed E-state index contributed by atoms with van der Waals surface area (Å²) in [6.07, 6.45) is 3.98. The summed E-state index contributed by atoms with van der Waals surface area (Å²) in [5, 5.41) is 2.83. The van der Waals surface area contributed by atoms with Gasteiger partial charge in [-0.25, -0.2) is 4.79 Å². The molecule has 0 heterocycles. The quantitative estimate of drug-likeness (QED) is 0.703. The molecule has 1 saturated carbocycles. The molecule has 0 bridgehead atoms. The summed E-state index contributed by atoms with van der Waals surface area (Å²) in [6, 6.07) is 0.274. The Hall–Kier alpha value is -0.730. The number of nitrogens with one attached hydrogen (secondary N) is 1. The molecule has 3 heteroatoms. The molecule has 1 N–H and O–H groups in total. The number of carbonyl (C=O) groups is 1. The molecule has 0 radical (unpaired) electrons. The highest BCUT2D eigenvalue weighted by atomic mass is 16.6. The fourth-order valence-electron chi connectivity index (χ4n) is 1.03. The molecule has 0 saturated heterocycles. The van der Waals surface area contributed by atoms with Crippen LogP contribution in [-0.2, 0) is 4.74 Å². The molecule has 0 unspecified atom stereocenters. The Morgan fingerprint density at radius 1 is 1.50 bits per heavy atom. The highest BCUT2D eigenvalue weighted by molar-refractivity contribution is 5.68. The van der Waals surface area contributed by atoms with E-state index in [1.165, 1.54) is 0 Å². The van der Waals surface area contributed by atoms with Crippen molar-refractivity contribution in [3.05, 3.63) is 0 Å². The van der Waals surface area contributed by atoms with Gasteiger partial charge in [-0.3, -0.25) is 0 Å². The van der Waals surface area contributed by atoms with Crippen molar-refractivity contribution in [2.75, 3.05) is 0 Å². The predicted octanol–water partition coefficient (Wildman–Crippen LogP) is 2.06. The Morgan fingerprint density at radius 2 is 2.08 bits per heavy atom. The molecular weight excluding hydrogens is 154 g/mol. The van der Waals surface area contributed by atoms with Crippen LogP contribution in [0, 0.1) is 0 Å². The zero-order valence-corrected chi connectivity index (χ0v) is 7.80. The van der Waals surface area contributed by atoms with Crippen molar-refractivity contribution in [1.29, 1.82) is 0 Å².